The van der Waals surface area contributed by atoms with Crippen LogP contribution in [0.3, 0.4) is 0 Å². The Bertz CT molecular complexity index is 1990. The molecule has 2 aromatic carbocycles. The number of thiophene rings is 1. The maximum atomic E-state index is 17.1. The average Bonchev–Trinajstić information content (AvgIpc) is 3.69. The summed E-state index contributed by atoms with van der Waals surface area (Å²) in [7, 11) is 3.58. The van der Waals surface area contributed by atoms with Gasteiger partial charge in [0, 0.05) is 56.5 Å². The smallest absolute Gasteiger partial charge is 0.319 e. The van der Waals surface area contributed by atoms with Gasteiger partial charge in [0.2, 0.25) is 0 Å². The van der Waals surface area contributed by atoms with E-state index in [0.717, 1.165) is 30.7 Å². The molecule has 3 fully saturated rings. The summed E-state index contributed by atoms with van der Waals surface area (Å²) in [5.74, 6) is -0.744. The van der Waals surface area contributed by atoms with Gasteiger partial charge in [0.05, 0.1) is 27.7 Å². The summed E-state index contributed by atoms with van der Waals surface area (Å²) < 4.78 is 53.3. The molecule has 0 aliphatic carbocycles. The fourth-order valence-corrected chi connectivity index (χ4v) is 8.76. The number of aliphatic hydroxyl groups is 1. The van der Waals surface area contributed by atoms with Crippen molar-refractivity contribution in [1.29, 1.82) is 5.26 Å². The van der Waals surface area contributed by atoms with Crippen LogP contribution in [0.5, 0.6) is 6.01 Å². The number of piperidine rings is 1. The zero-order valence-corrected chi connectivity index (χ0v) is 28.3. The molecule has 3 saturated heterocycles. The van der Waals surface area contributed by atoms with Crippen molar-refractivity contribution < 1.29 is 23.0 Å². The first kappa shape index (κ1) is 32.6. The topological polar surface area (TPSA) is 101 Å². The molecule has 0 radical (unpaired) electrons. The number of aryl methyl sites for hydroxylation is 1. The van der Waals surface area contributed by atoms with Crippen molar-refractivity contribution in [2.75, 3.05) is 51.8 Å². The van der Waals surface area contributed by atoms with Gasteiger partial charge in [-0.3, -0.25) is 4.90 Å². The summed E-state index contributed by atoms with van der Waals surface area (Å²) in [6.07, 6.45) is 4.04. The lowest BCUT2D eigenvalue weighted by molar-refractivity contribution is 0.0447. The molecule has 7 rings (SSSR count). The molecule has 48 heavy (non-hydrogen) atoms. The molecular weight excluding hydrogens is 639 g/mol. The van der Waals surface area contributed by atoms with Crippen molar-refractivity contribution in [2.45, 2.75) is 63.3 Å². The molecule has 1 N–H and O–H groups in total. The van der Waals surface area contributed by atoms with E-state index in [1.54, 1.807) is 38.9 Å². The molecule has 252 valence electrons. The van der Waals surface area contributed by atoms with Gasteiger partial charge in [0.15, 0.2) is 5.82 Å². The summed E-state index contributed by atoms with van der Waals surface area (Å²) in [6, 6.07) is 6.71. The van der Waals surface area contributed by atoms with Gasteiger partial charge in [0.25, 0.3) is 0 Å². The lowest BCUT2D eigenvalue weighted by atomic mass is 9.92. The van der Waals surface area contributed by atoms with Gasteiger partial charge in [-0.2, -0.15) is 15.2 Å². The number of anilines is 1. The number of aliphatic imine (C=N–C) groups is 1. The molecule has 2 aromatic heterocycles. The second kappa shape index (κ2) is 12.2. The minimum Gasteiger partial charge on any atom is -0.461 e. The van der Waals surface area contributed by atoms with Gasteiger partial charge >= 0.3 is 6.01 Å². The maximum absolute atomic E-state index is 17.1. The predicted molar refractivity (Wildman–Crippen MR) is 182 cm³/mol. The Morgan fingerprint density at radius 1 is 1.23 bits per heavy atom. The van der Waals surface area contributed by atoms with E-state index in [0.29, 0.717) is 59.7 Å². The standard InChI is InChI=1S/C35H38F3N7O2S/c1-20-13-23-29(28(38)26(20)22-7-8-25(37)30-27(22)24(15-39)32(48-30)40-19-43(3)4)41-33(42-31(23)44-11-5-9-34(2,46)17-44)47-18-35-10-6-12-45(35)16-21(36)14-35/h7-8,13,19,21,46H,5-6,9-12,14,16-18H2,1-4H3/t21-,34-,35+/m1/s1. The Labute approximate surface area is 281 Å². The molecule has 0 unspecified atom stereocenters. The summed E-state index contributed by atoms with van der Waals surface area (Å²) in [5, 5.41) is 22.2. The third-order valence-electron chi connectivity index (χ3n) is 9.85. The number of hydrogen-bond donors (Lipinski definition) is 1. The van der Waals surface area contributed by atoms with Crippen LogP contribution in [0, 0.1) is 29.9 Å². The summed E-state index contributed by atoms with van der Waals surface area (Å²) in [5.41, 5.74) is -0.172. The fraction of sp³-hybridized carbons (Fsp3) is 0.486. The molecule has 3 aliphatic rings. The van der Waals surface area contributed by atoms with Crippen LogP contribution in [-0.4, -0.2) is 95.4 Å². The molecule has 0 bridgehead atoms. The number of nitrogens with zero attached hydrogens (tertiary/aromatic N) is 7. The molecule has 0 spiro atoms. The largest absolute Gasteiger partial charge is 0.461 e. The van der Waals surface area contributed by atoms with Crippen LogP contribution in [0.15, 0.2) is 23.2 Å². The molecule has 4 aromatic rings. The number of aromatic nitrogens is 2. The molecular formula is C35H38F3N7O2S. The van der Waals surface area contributed by atoms with Crippen molar-refractivity contribution in [3.05, 3.63) is 41.0 Å². The van der Waals surface area contributed by atoms with E-state index in [9.17, 15) is 14.8 Å². The van der Waals surface area contributed by atoms with Gasteiger partial charge in [0.1, 0.15) is 41.0 Å². The number of alkyl halides is 1. The Balaban J connectivity index is 1.40. The molecule has 3 atom stereocenters. The number of ether oxygens (including phenoxy) is 1. The first-order chi connectivity index (χ1) is 22.9. The van der Waals surface area contributed by atoms with E-state index < -0.39 is 28.9 Å². The lowest BCUT2D eigenvalue weighted by Gasteiger charge is -2.38. The summed E-state index contributed by atoms with van der Waals surface area (Å²) in [4.78, 5) is 19.6. The van der Waals surface area contributed by atoms with Gasteiger partial charge in [-0.1, -0.05) is 6.07 Å². The van der Waals surface area contributed by atoms with E-state index in [2.05, 4.69) is 20.9 Å². The quantitative estimate of drug-likeness (QED) is 0.175. The van der Waals surface area contributed by atoms with E-state index >= 15 is 8.78 Å². The van der Waals surface area contributed by atoms with E-state index in [1.165, 1.54) is 18.5 Å². The molecule has 0 saturated carbocycles. The molecule has 3 aliphatic heterocycles. The van der Waals surface area contributed by atoms with Crippen molar-refractivity contribution in [2.24, 2.45) is 4.99 Å². The van der Waals surface area contributed by atoms with Crippen LogP contribution in [0.2, 0.25) is 0 Å². The summed E-state index contributed by atoms with van der Waals surface area (Å²) >= 11 is 1.04. The Morgan fingerprint density at radius 3 is 2.77 bits per heavy atom. The highest BCUT2D eigenvalue weighted by molar-refractivity contribution is 7.23. The Morgan fingerprint density at radius 2 is 2.02 bits per heavy atom. The van der Waals surface area contributed by atoms with E-state index in [1.807, 2.05) is 4.90 Å². The van der Waals surface area contributed by atoms with Crippen LogP contribution in [0.25, 0.3) is 32.1 Å². The third kappa shape index (κ3) is 5.63. The van der Waals surface area contributed by atoms with Gasteiger partial charge in [-0.05, 0) is 69.3 Å². The third-order valence-corrected chi connectivity index (χ3v) is 11.0. The van der Waals surface area contributed by atoms with Gasteiger partial charge < -0.3 is 19.6 Å². The van der Waals surface area contributed by atoms with Crippen molar-refractivity contribution in [3.63, 3.8) is 0 Å². The zero-order valence-electron chi connectivity index (χ0n) is 27.5. The Kier molecular flexibility index (Phi) is 8.25. The highest BCUT2D eigenvalue weighted by Gasteiger charge is 2.49. The lowest BCUT2D eigenvalue weighted by Crippen LogP contribution is -2.46. The van der Waals surface area contributed by atoms with Crippen LogP contribution in [0.4, 0.5) is 24.0 Å². The van der Waals surface area contributed by atoms with Crippen LogP contribution < -0.4 is 9.64 Å². The van der Waals surface area contributed by atoms with Crippen LogP contribution in [0.1, 0.15) is 50.2 Å². The number of halogens is 3. The van der Waals surface area contributed by atoms with E-state index in [4.69, 9.17) is 9.72 Å². The molecule has 0 amide bonds. The minimum absolute atomic E-state index is 0.00782. The number of rotatable bonds is 7. The average molecular weight is 678 g/mol. The van der Waals surface area contributed by atoms with E-state index in [-0.39, 0.29) is 45.9 Å². The molecule has 9 nitrogen and oxygen atoms in total. The number of nitriles is 1. The predicted octanol–water partition coefficient (Wildman–Crippen LogP) is 6.50. The second-order valence-electron chi connectivity index (χ2n) is 13.9. The van der Waals surface area contributed by atoms with Crippen molar-refractivity contribution >= 4 is 49.5 Å². The number of benzene rings is 2. The monoisotopic (exact) mass is 677 g/mol. The number of hydrogen-bond acceptors (Lipinski definition) is 9. The molecule has 13 heteroatoms. The number of fused-ring (bicyclic) bond motifs is 3. The second-order valence-corrected chi connectivity index (χ2v) is 14.9. The normalized spacial score (nSPS) is 24.6. The SMILES string of the molecule is Cc1cc2c(N3CCC[C@@](C)(O)C3)nc(OC[C@@]34CCCN3C[C@H](F)C4)nc2c(F)c1-c1ccc(F)c2sc(N=CN(C)C)c(C#N)c12. The Hall–Kier alpha value is -3.99. The van der Waals surface area contributed by atoms with Gasteiger partial charge in [-0.25, -0.2) is 18.2 Å². The maximum Gasteiger partial charge on any atom is 0.319 e. The van der Waals surface area contributed by atoms with Crippen molar-refractivity contribution in [1.82, 2.24) is 19.8 Å². The zero-order chi connectivity index (χ0) is 34.0. The first-order valence-electron chi connectivity index (χ1n) is 16.3. The first-order valence-corrected chi connectivity index (χ1v) is 17.1. The van der Waals surface area contributed by atoms with Crippen LogP contribution >= 0.6 is 11.3 Å². The van der Waals surface area contributed by atoms with Gasteiger partial charge in [-0.15, -0.1) is 11.3 Å². The van der Waals surface area contributed by atoms with Crippen LogP contribution in [-0.2, 0) is 0 Å². The highest BCUT2D eigenvalue weighted by Crippen LogP contribution is 2.46. The fourth-order valence-electron chi connectivity index (χ4n) is 7.73. The molecule has 5 heterocycles. The highest BCUT2D eigenvalue weighted by atomic mass is 32.1. The summed E-state index contributed by atoms with van der Waals surface area (Å²) in [6.45, 7) is 5.77. The minimum atomic E-state index is -0.966. The van der Waals surface area contributed by atoms with Crippen molar-refractivity contribution in [3.8, 4) is 23.2 Å². The number of β-amino-alcohol motifs (C(OH)–C–C–N with tert-alkyl or cyclic N) is 1.